The number of benzene rings is 2. The summed E-state index contributed by atoms with van der Waals surface area (Å²) in [5, 5.41) is 15.2. The number of fused-ring (bicyclic) bond motifs is 1. The number of amides is 2. The van der Waals surface area contributed by atoms with Crippen LogP contribution in [0.2, 0.25) is 0 Å². The second-order valence-corrected chi connectivity index (χ2v) is 10.9. The molecule has 3 aliphatic rings. The van der Waals surface area contributed by atoms with Crippen molar-refractivity contribution in [3.05, 3.63) is 59.4 Å². The number of hydrogen-bond acceptors (Lipinski definition) is 4. The van der Waals surface area contributed by atoms with Crippen LogP contribution in [-0.2, 0) is 13.0 Å². The minimum atomic E-state index is -0.394. The molecule has 5 rings (SSSR count). The highest BCUT2D eigenvalue weighted by molar-refractivity contribution is 5.90. The lowest BCUT2D eigenvalue weighted by Gasteiger charge is -2.44. The van der Waals surface area contributed by atoms with Crippen LogP contribution in [0, 0.1) is 29.1 Å². The number of nitrogens with zero attached hydrogens (tertiary/aromatic N) is 5. The standard InChI is InChI=1S/C29H36FN7O.CH4/c1-20(2)27-18-36(29(38)33-24-7-4-6-23(30)15-24)13-14-37(27)28(32-19-31)34-26-8-3-5-22-17-35(12-11-25(22)26)16-21-9-10-21;/h3-8,15,20-21,27H,9-14,16-18H2,1-2H3,(H,32,34)(H,33,38);1H4/t27-;/m0./s1. The van der Waals surface area contributed by atoms with Crippen LogP contribution in [0.5, 0.6) is 0 Å². The highest BCUT2D eigenvalue weighted by Crippen LogP contribution is 2.34. The van der Waals surface area contributed by atoms with Crippen molar-refractivity contribution in [3.63, 3.8) is 0 Å². The predicted molar refractivity (Wildman–Crippen MR) is 153 cm³/mol. The molecule has 2 aliphatic heterocycles. The fourth-order valence-corrected chi connectivity index (χ4v) is 5.50. The molecule has 2 N–H and O–H groups in total. The molecule has 8 nitrogen and oxygen atoms in total. The molecule has 9 heteroatoms. The first-order chi connectivity index (χ1) is 18.4. The lowest BCUT2D eigenvalue weighted by molar-refractivity contribution is 0.118. The van der Waals surface area contributed by atoms with Gasteiger partial charge in [-0.15, -0.1) is 0 Å². The average Bonchev–Trinajstić information content (AvgIpc) is 3.72. The third-order valence-corrected chi connectivity index (χ3v) is 7.75. The third-order valence-electron chi connectivity index (χ3n) is 7.75. The Hall–Kier alpha value is -3.64. The van der Waals surface area contributed by atoms with Crippen LogP contribution >= 0.6 is 0 Å². The van der Waals surface area contributed by atoms with Crippen molar-refractivity contribution in [2.45, 2.75) is 53.1 Å². The van der Waals surface area contributed by atoms with Gasteiger partial charge in [0.05, 0.1) is 11.7 Å². The number of nitriles is 1. The normalized spacial score (nSPS) is 19.7. The van der Waals surface area contributed by atoms with E-state index in [2.05, 4.69) is 52.6 Å². The molecule has 0 spiro atoms. The number of aliphatic imine (C=N–C) groups is 1. The van der Waals surface area contributed by atoms with Crippen LogP contribution in [0.15, 0.2) is 47.5 Å². The van der Waals surface area contributed by atoms with E-state index in [0.29, 0.717) is 31.3 Å². The van der Waals surface area contributed by atoms with Crippen molar-refractivity contribution >= 4 is 23.4 Å². The first kappa shape index (κ1) is 28.4. The number of carbonyl (C=O) groups excluding carboxylic acids is 1. The second-order valence-electron chi connectivity index (χ2n) is 10.9. The van der Waals surface area contributed by atoms with Gasteiger partial charge in [-0.3, -0.25) is 10.2 Å². The second kappa shape index (κ2) is 12.5. The molecule has 1 saturated carbocycles. The van der Waals surface area contributed by atoms with Gasteiger partial charge < -0.3 is 15.1 Å². The summed E-state index contributed by atoms with van der Waals surface area (Å²) >= 11 is 0. The fraction of sp³-hybridized carbons (Fsp3) is 0.500. The minimum absolute atomic E-state index is 0. The number of guanidine groups is 1. The molecular weight excluding hydrogens is 493 g/mol. The maximum absolute atomic E-state index is 13.6. The summed E-state index contributed by atoms with van der Waals surface area (Å²) in [5.41, 5.74) is 3.90. The number of nitrogens with one attached hydrogen (secondary N) is 2. The topological polar surface area (TPSA) is 87.0 Å². The van der Waals surface area contributed by atoms with Crippen molar-refractivity contribution in [1.29, 1.82) is 5.26 Å². The Morgan fingerprint density at radius 3 is 2.69 bits per heavy atom. The van der Waals surface area contributed by atoms with Crippen molar-refractivity contribution in [2.75, 3.05) is 38.0 Å². The molecule has 1 aliphatic carbocycles. The molecule has 0 unspecified atom stereocenters. The number of piperazine rings is 1. The van der Waals surface area contributed by atoms with Crippen molar-refractivity contribution < 1.29 is 9.18 Å². The van der Waals surface area contributed by atoms with Crippen LogP contribution in [-0.4, -0.2) is 65.5 Å². The van der Waals surface area contributed by atoms with Gasteiger partial charge in [-0.2, -0.15) is 5.26 Å². The van der Waals surface area contributed by atoms with E-state index in [-0.39, 0.29) is 25.4 Å². The van der Waals surface area contributed by atoms with E-state index >= 15 is 0 Å². The fourth-order valence-electron chi connectivity index (χ4n) is 5.50. The summed E-state index contributed by atoms with van der Waals surface area (Å²) in [6, 6.07) is 11.9. The van der Waals surface area contributed by atoms with Crippen LogP contribution in [0.25, 0.3) is 0 Å². The maximum Gasteiger partial charge on any atom is 0.321 e. The molecule has 1 saturated heterocycles. The van der Waals surface area contributed by atoms with Gasteiger partial charge in [0.1, 0.15) is 5.82 Å². The average molecular weight is 534 g/mol. The first-order valence-electron chi connectivity index (χ1n) is 13.6. The molecule has 1 atom stereocenters. The monoisotopic (exact) mass is 533 g/mol. The van der Waals surface area contributed by atoms with E-state index in [1.165, 1.54) is 42.6 Å². The molecule has 2 fully saturated rings. The zero-order chi connectivity index (χ0) is 26.6. The number of halogens is 1. The highest BCUT2D eigenvalue weighted by atomic mass is 19.1. The van der Waals surface area contributed by atoms with E-state index in [0.717, 1.165) is 31.1 Å². The highest BCUT2D eigenvalue weighted by Gasteiger charge is 2.34. The summed E-state index contributed by atoms with van der Waals surface area (Å²) in [6.07, 6.45) is 5.73. The minimum Gasteiger partial charge on any atom is -0.335 e. The van der Waals surface area contributed by atoms with Crippen molar-refractivity contribution in [3.8, 4) is 6.19 Å². The predicted octanol–water partition coefficient (Wildman–Crippen LogP) is 5.16. The molecule has 2 aromatic rings. The summed E-state index contributed by atoms with van der Waals surface area (Å²) in [6.45, 7) is 8.82. The Morgan fingerprint density at radius 2 is 1.97 bits per heavy atom. The van der Waals surface area contributed by atoms with Crippen molar-refractivity contribution in [2.24, 2.45) is 16.8 Å². The SMILES string of the molecule is C.CC(C)[C@@H]1CN(C(=O)Nc2cccc(F)c2)CCN1C(=Nc1cccc2c1CCN(CC1CC1)C2)NC#N. The van der Waals surface area contributed by atoms with Gasteiger partial charge in [0.15, 0.2) is 6.19 Å². The van der Waals surface area contributed by atoms with Gasteiger partial charge in [0.2, 0.25) is 5.96 Å². The Morgan fingerprint density at radius 1 is 1.18 bits per heavy atom. The summed E-state index contributed by atoms with van der Waals surface area (Å²) in [4.78, 5) is 24.4. The Balaban J connectivity index is 0.00000353. The molecule has 39 heavy (non-hydrogen) atoms. The van der Waals surface area contributed by atoms with Crippen molar-refractivity contribution in [1.82, 2.24) is 20.0 Å². The number of rotatable bonds is 5. The zero-order valence-electron chi connectivity index (χ0n) is 22.2. The molecule has 0 radical (unpaired) electrons. The maximum atomic E-state index is 13.6. The van der Waals surface area contributed by atoms with Gasteiger partial charge in [-0.05, 0) is 66.5 Å². The zero-order valence-corrected chi connectivity index (χ0v) is 22.2. The summed E-state index contributed by atoms with van der Waals surface area (Å²) in [5.74, 6) is 1.19. The number of urea groups is 1. The van der Waals surface area contributed by atoms with E-state index in [4.69, 9.17) is 4.99 Å². The molecule has 2 amide bonds. The molecule has 208 valence electrons. The Bertz CT molecular complexity index is 1240. The Labute approximate surface area is 231 Å². The first-order valence-corrected chi connectivity index (χ1v) is 13.6. The third kappa shape index (κ3) is 6.87. The van der Waals surface area contributed by atoms with E-state index in [9.17, 15) is 14.4 Å². The van der Waals surface area contributed by atoms with Crippen LogP contribution in [0.1, 0.15) is 45.2 Å². The quantitative estimate of drug-likeness (QED) is 0.240. The molecule has 0 aromatic heterocycles. The van der Waals surface area contributed by atoms with Gasteiger partial charge in [0.25, 0.3) is 0 Å². The lowest BCUT2D eigenvalue weighted by Crippen LogP contribution is -2.60. The molecule has 2 aromatic carbocycles. The smallest absolute Gasteiger partial charge is 0.321 e. The summed E-state index contributed by atoms with van der Waals surface area (Å²) in [7, 11) is 0. The summed E-state index contributed by atoms with van der Waals surface area (Å²) < 4.78 is 13.6. The van der Waals surface area contributed by atoms with E-state index < -0.39 is 5.82 Å². The number of hydrogen-bond donors (Lipinski definition) is 2. The van der Waals surface area contributed by atoms with Crippen LogP contribution < -0.4 is 10.6 Å². The van der Waals surface area contributed by atoms with Gasteiger partial charge in [-0.1, -0.05) is 39.5 Å². The van der Waals surface area contributed by atoms with E-state index in [1.807, 2.05) is 6.07 Å². The molecule has 0 bridgehead atoms. The largest absolute Gasteiger partial charge is 0.335 e. The number of anilines is 1. The van der Waals surface area contributed by atoms with Gasteiger partial charge in [0, 0.05) is 45.0 Å². The molecular formula is C30H40FN7O. The van der Waals surface area contributed by atoms with E-state index in [1.54, 1.807) is 17.0 Å². The lowest BCUT2D eigenvalue weighted by atomic mass is 9.97. The van der Waals surface area contributed by atoms with Crippen LogP contribution in [0.4, 0.5) is 20.6 Å². The van der Waals surface area contributed by atoms with Gasteiger partial charge in [-0.25, -0.2) is 14.2 Å². The Kier molecular flexibility index (Phi) is 9.08. The molecule has 2 heterocycles. The number of carbonyl (C=O) groups is 1. The van der Waals surface area contributed by atoms with Crippen LogP contribution in [0.3, 0.4) is 0 Å². The van der Waals surface area contributed by atoms with Gasteiger partial charge >= 0.3 is 6.03 Å².